The van der Waals surface area contributed by atoms with Crippen LogP contribution in [0.25, 0.3) is 11.2 Å². The number of rotatable bonds is 3. The topological polar surface area (TPSA) is 109 Å². The summed E-state index contributed by atoms with van der Waals surface area (Å²) in [5.41, 5.74) is 7.04. The number of aromatic nitrogens is 4. The Balaban J connectivity index is 1.74. The molecule has 4 heterocycles. The van der Waals surface area contributed by atoms with Gasteiger partial charge in [0.25, 0.3) is 0 Å². The zero-order chi connectivity index (χ0) is 16.2. The van der Waals surface area contributed by atoms with Gasteiger partial charge >= 0.3 is 0 Å². The van der Waals surface area contributed by atoms with Crippen molar-refractivity contribution in [2.75, 3.05) is 19.3 Å². The Bertz CT molecular complexity index is 732. The zero-order valence-electron chi connectivity index (χ0n) is 13.3. The lowest BCUT2D eigenvalue weighted by atomic mass is 10.1. The molecule has 2 fully saturated rings. The van der Waals surface area contributed by atoms with Gasteiger partial charge in [0.05, 0.1) is 6.33 Å². The second-order valence-electron chi connectivity index (χ2n) is 6.27. The molecule has 2 aliphatic rings. The van der Waals surface area contributed by atoms with E-state index >= 15 is 0 Å². The fourth-order valence-electron chi connectivity index (χ4n) is 3.30. The van der Waals surface area contributed by atoms with Crippen LogP contribution < -0.4 is 11.1 Å². The molecule has 9 heteroatoms. The molecule has 124 valence electrons. The summed E-state index contributed by atoms with van der Waals surface area (Å²) in [4.78, 5) is 12.6. The maximum Gasteiger partial charge on any atom is 0.167 e. The molecule has 0 radical (unpaired) electrons. The number of nitrogens with zero attached hydrogens (tertiary/aromatic N) is 4. The van der Waals surface area contributed by atoms with Gasteiger partial charge in [-0.15, -0.1) is 0 Å². The Hall–Kier alpha value is -1.81. The molecular weight excluding hydrogens is 300 g/mol. The molecule has 2 aromatic heterocycles. The molecule has 9 nitrogen and oxygen atoms in total. The van der Waals surface area contributed by atoms with Crippen LogP contribution in [0, 0.1) is 0 Å². The van der Waals surface area contributed by atoms with Crippen LogP contribution in [0.3, 0.4) is 0 Å². The monoisotopic (exact) mass is 320 g/mol. The molecule has 4 rings (SSSR count). The molecule has 0 aliphatic carbocycles. The van der Waals surface area contributed by atoms with Crippen LogP contribution in [-0.4, -0.2) is 57.2 Å². The van der Waals surface area contributed by atoms with Crippen molar-refractivity contribution in [3.05, 3.63) is 12.7 Å². The zero-order valence-corrected chi connectivity index (χ0v) is 13.3. The Kier molecular flexibility index (Phi) is 3.27. The van der Waals surface area contributed by atoms with Gasteiger partial charge < -0.3 is 25.3 Å². The number of nitrogens with two attached hydrogens (primary N) is 1. The number of likely N-dealkylation sites (N-methyl/N-ethyl adjacent to an activating group) is 1. The Morgan fingerprint density at radius 2 is 2.04 bits per heavy atom. The summed E-state index contributed by atoms with van der Waals surface area (Å²) >= 11 is 0. The third-order valence-corrected chi connectivity index (χ3v) is 4.19. The SMILES string of the molecule is CNCC1OC(n2cnc3c(N)ncnc32)[C@@H]2OC(C)(C)O[C@H]12. The Morgan fingerprint density at radius 1 is 1.26 bits per heavy atom. The molecule has 0 saturated carbocycles. The summed E-state index contributed by atoms with van der Waals surface area (Å²) in [7, 11) is 1.88. The van der Waals surface area contributed by atoms with E-state index in [1.165, 1.54) is 6.33 Å². The van der Waals surface area contributed by atoms with Crippen molar-refractivity contribution in [2.24, 2.45) is 0 Å². The second kappa shape index (κ2) is 5.10. The van der Waals surface area contributed by atoms with Gasteiger partial charge in [-0.2, -0.15) is 0 Å². The largest absolute Gasteiger partial charge is 0.382 e. The van der Waals surface area contributed by atoms with E-state index < -0.39 is 5.79 Å². The lowest BCUT2D eigenvalue weighted by molar-refractivity contribution is -0.195. The predicted octanol–water partition coefficient (Wildman–Crippen LogP) is 0.0454. The van der Waals surface area contributed by atoms with Crippen molar-refractivity contribution < 1.29 is 14.2 Å². The molecule has 2 unspecified atom stereocenters. The average molecular weight is 320 g/mol. The lowest BCUT2D eigenvalue weighted by Crippen LogP contribution is -2.36. The van der Waals surface area contributed by atoms with Gasteiger partial charge in [0.1, 0.15) is 30.2 Å². The number of fused-ring (bicyclic) bond motifs is 2. The van der Waals surface area contributed by atoms with Gasteiger partial charge in [-0.1, -0.05) is 0 Å². The maximum absolute atomic E-state index is 6.16. The van der Waals surface area contributed by atoms with E-state index in [0.717, 1.165) is 0 Å². The molecule has 2 saturated heterocycles. The van der Waals surface area contributed by atoms with Gasteiger partial charge in [-0.25, -0.2) is 15.0 Å². The minimum atomic E-state index is -0.645. The van der Waals surface area contributed by atoms with Crippen molar-refractivity contribution in [2.45, 2.75) is 44.2 Å². The number of imidazole rings is 1. The number of hydrogen-bond donors (Lipinski definition) is 2. The first-order valence-electron chi connectivity index (χ1n) is 7.59. The molecule has 2 aliphatic heterocycles. The van der Waals surface area contributed by atoms with Crippen LogP contribution in [0.4, 0.5) is 5.82 Å². The predicted molar refractivity (Wildman–Crippen MR) is 81.4 cm³/mol. The molecule has 0 amide bonds. The fraction of sp³-hybridized carbons (Fsp3) is 0.643. The highest BCUT2D eigenvalue weighted by atomic mass is 16.8. The summed E-state index contributed by atoms with van der Waals surface area (Å²) in [5.74, 6) is -0.299. The third-order valence-electron chi connectivity index (χ3n) is 4.19. The number of hydrogen-bond acceptors (Lipinski definition) is 8. The van der Waals surface area contributed by atoms with Gasteiger partial charge in [0.2, 0.25) is 0 Å². The minimum Gasteiger partial charge on any atom is -0.382 e. The Morgan fingerprint density at radius 3 is 2.83 bits per heavy atom. The molecule has 0 spiro atoms. The third kappa shape index (κ3) is 2.27. The van der Waals surface area contributed by atoms with Crippen molar-refractivity contribution in [3.8, 4) is 0 Å². The summed E-state index contributed by atoms with van der Waals surface area (Å²) in [5, 5.41) is 3.13. The lowest BCUT2D eigenvalue weighted by Gasteiger charge is -2.24. The standard InChI is InChI=1S/C14H20N6O3/c1-14(2)22-9-7(4-16-3)21-13(10(9)23-14)20-6-19-8-11(15)17-5-18-12(8)20/h5-7,9-10,13,16H,4H2,1-3H3,(H2,15,17,18)/t7?,9-,10-,13?/m1/s1. The highest BCUT2D eigenvalue weighted by Gasteiger charge is 2.55. The summed E-state index contributed by atoms with van der Waals surface area (Å²) < 4.78 is 20.1. The van der Waals surface area contributed by atoms with Crippen LogP contribution in [0.5, 0.6) is 0 Å². The van der Waals surface area contributed by atoms with Crippen molar-refractivity contribution >= 4 is 17.0 Å². The number of anilines is 1. The van der Waals surface area contributed by atoms with Crippen molar-refractivity contribution in [1.82, 2.24) is 24.8 Å². The first-order valence-corrected chi connectivity index (χ1v) is 7.59. The van der Waals surface area contributed by atoms with Crippen LogP contribution in [0.1, 0.15) is 20.1 Å². The molecule has 0 aromatic carbocycles. The van der Waals surface area contributed by atoms with Crippen LogP contribution in [0.2, 0.25) is 0 Å². The van der Waals surface area contributed by atoms with E-state index in [-0.39, 0.29) is 24.5 Å². The van der Waals surface area contributed by atoms with E-state index in [4.69, 9.17) is 19.9 Å². The molecule has 23 heavy (non-hydrogen) atoms. The molecule has 3 N–H and O–H groups in total. The maximum atomic E-state index is 6.16. The summed E-state index contributed by atoms with van der Waals surface area (Å²) in [6.07, 6.45) is 2.20. The van der Waals surface area contributed by atoms with E-state index in [0.29, 0.717) is 23.5 Å². The van der Waals surface area contributed by atoms with E-state index in [1.807, 2.05) is 25.5 Å². The van der Waals surface area contributed by atoms with Crippen LogP contribution in [-0.2, 0) is 14.2 Å². The van der Waals surface area contributed by atoms with Crippen molar-refractivity contribution in [1.29, 1.82) is 0 Å². The fourth-order valence-corrected chi connectivity index (χ4v) is 3.30. The van der Waals surface area contributed by atoms with Crippen molar-refractivity contribution in [3.63, 3.8) is 0 Å². The first kappa shape index (κ1) is 14.8. The van der Waals surface area contributed by atoms with E-state index in [1.54, 1.807) is 6.33 Å². The number of nitrogen functional groups attached to an aromatic ring is 1. The molecule has 0 bridgehead atoms. The highest BCUT2D eigenvalue weighted by Crippen LogP contribution is 2.43. The smallest absolute Gasteiger partial charge is 0.167 e. The minimum absolute atomic E-state index is 0.117. The second-order valence-corrected chi connectivity index (χ2v) is 6.27. The Labute approximate surface area is 133 Å². The van der Waals surface area contributed by atoms with Gasteiger partial charge in [-0.3, -0.25) is 4.57 Å². The first-order chi connectivity index (χ1) is 11.0. The summed E-state index contributed by atoms with van der Waals surface area (Å²) in [6.45, 7) is 4.48. The van der Waals surface area contributed by atoms with Crippen LogP contribution in [0.15, 0.2) is 12.7 Å². The molecule has 2 aromatic rings. The summed E-state index contributed by atoms with van der Waals surface area (Å²) in [6, 6.07) is 0. The average Bonchev–Trinajstić information content (AvgIpc) is 3.13. The van der Waals surface area contributed by atoms with E-state index in [2.05, 4.69) is 20.3 Å². The van der Waals surface area contributed by atoms with E-state index in [9.17, 15) is 0 Å². The normalized spacial score (nSPS) is 32.5. The van der Waals surface area contributed by atoms with Crippen LogP contribution >= 0.6 is 0 Å². The van der Waals surface area contributed by atoms with Gasteiger partial charge in [0.15, 0.2) is 23.5 Å². The van der Waals surface area contributed by atoms with Gasteiger partial charge in [-0.05, 0) is 20.9 Å². The van der Waals surface area contributed by atoms with Gasteiger partial charge in [0, 0.05) is 6.54 Å². The molecular formula is C14H20N6O3. The highest BCUT2D eigenvalue weighted by molar-refractivity contribution is 5.81. The number of ether oxygens (including phenoxy) is 3. The molecule has 4 atom stereocenters. The number of nitrogens with one attached hydrogen (secondary N) is 1. The quantitative estimate of drug-likeness (QED) is 0.816.